The molecule has 152 valence electrons. The van der Waals surface area contributed by atoms with Crippen LogP contribution in [-0.4, -0.2) is 16.8 Å². The minimum atomic E-state index is -1.18. The van der Waals surface area contributed by atoms with E-state index in [2.05, 4.69) is 5.32 Å². The van der Waals surface area contributed by atoms with Gasteiger partial charge in [-0.15, -0.1) is 0 Å². The van der Waals surface area contributed by atoms with E-state index in [-0.39, 0.29) is 11.3 Å². The average molecular weight is 404 g/mol. The summed E-state index contributed by atoms with van der Waals surface area (Å²) in [7, 11) is 0. The molecule has 1 amide bonds. The van der Waals surface area contributed by atoms with Crippen molar-refractivity contribution < 1.29 is 19.2 Å². The van der Waals surface area contributed by atoms with Crippen LogP contribution in [0.2, 0.25) is 0 Å². The molecule has 0 bridgehead atoms. The summed E-state index contributed by atoms with van der Waals surface area (Å²) >= 11 is 0. The number of nitro groups is 1. The Morgan fingerprint density at radius 2 is 1.63 bits per heavy atom. The molecule has 0 spiro atoms. The van der Waals surface area contributed by atoms with E-state index in [0.29, 0.717) is 16.8 Å². The van der Waals surface area contributed by atoms with Gasteiger partial charge in [-0.05, 0) is 38.1 Å². The smallest absolute Gasteiger partial charge is 0.339 e. The number of ether oxygens (including phenoxy) is 1. The van der Waals surface area contributed by atoms with Crippen LogP contribution < -0.4 is 5.32 Å². The SMILES string of the molecule is Cc1ccc(NC(=O)[C@@H](OC(=O)c2ccc([N+](=O)[O-])c(C)c2)c2ccccc2)cc1. The fraction of sp³-hybridized carbons (Fsp3) is 0.130. The molecule has 30 heavy (non-hydrogen) atoms. The van der Waals surface area contributed by atoms with E-state index >= 15 is 0 Å². The minimum absolute atomic E-state index is 0.0942. The summed E-state index contributed by atoms with van der Waals surface area (Å²) in [4.78, 5) is 36.1. The molecule has 0 unspecified atom stereocenters. The molecule has 0 radical (unpaired) electrons. The summed E-state index contributed by atoms with van der Waals surface area (Å²) in [6, 6.07) is 19.8. The Kier molecular flexibility index (Phi) is 6.22. The van der Waals surface area contributed by atoms with E-state index in [1.807, 2.05) is 19.1 Å². The van der Waals surface area contributed by atoms with Gasteiger partial charge in [-0.3, -0.25) is 14.9 Å². The van der Waals surface area contributed by atoms with Crippen molar-refractivity contribution in [2.24, 2.45) is 0 Å². The number of amides is 1. The van der Waals surface area contributed by atoms with E-state index in [0.717, 1.165) is 5.56 Å². The highest BCUT2D eigenvalue weighted by Gasteiger charge is 2.26. The molecule has 0 aliphatic rings. The Hall–Kier alpha value is -4.00. The summed E-state index contributed by atoms with van der Waals surface area (Å²) in [6.07, 6.45) is -1.18. The van der Waals surface area contributed by atoms with Crippen LogP contribution in [0.4, 0.5) is 11.4 Å². The van der Waals surface area contributed by atoms with Crippen LogP contribution in [-0.2, 0) is 9.53 Å². The lowest BCUT2D eigenvalue weighted by Gasteiger charge is -2.18. The zero-order valence-corrected chi connectivity index (χ0v) is 16.5. The molecule has 7 nitrogen and oxygen atoms in total. The van der Waals surface area contributed by atoms with Crippen molar-refractivity contribution in [2.75, 3.05) is 5.32 Å². The molecule has 1 N–H and O–H groups in total. The number of nitrogens with one attached hydrogen (secondary N) is 1. The maximum Gasteiger partial charge on any atom is 0.339 e. The van der Waals surface area contributed by atoms with Crippen molar-refractivity contribution in [3.05, 3.63) is 105 Å². The molecular formula is C23H20N2O5. The van der Waals surface area contributed by atoms with Gasteiger partial charge < -0.3 is 10.1 Å². The largest absolute Gasteiger partial charge is 0.444 e. The number of anilines is 1. The first-order valence-electron chi connectivity index (χ1n) is 9.23. The Bertz CT molecular complexity index is 1080. The Morgan fingerprint density at radius 3 is 2.23 bits per heavy atom. The third-order valence-corrected chi connectivity index (χ3v) is 4.51. The van der Waals surface area contributed by atoms with Crippen LogP contribution in [0, 0.1) is 24.0 Å². The second kappa shape index (κ2) is 9.00. The Labute approximate surface area is 173 Å². The lowest BCUT2D eigenvalue weighted by atomic mass is 10.1. The van der Waals surface area contributed by atoms with E-state index in [9.17, 15) is 19.7 Å². The quantitative estimate of drug-likeness (QED) is 0.363. The van der Waals surface area contributed by atoms with E-state index in [1.165, 1.54) is 25.1 Å². The molecular weight excluding hydrogens is 384 g/mol. The van der Waals surface area contributed by atoms with E-state index in [4.69, 9.17) is 4.74 Å². The predicted molar refractivity (Wildman–Crippen MR) is 112 cm³/mol. The van der Waals surface area contributed by atoms with Gasteiger partial charge in [0.1, 0.15) is 0 Å². The third kappa shape index (κ3) is 4.88. The molecule has 0 heterocycles. The number of carbonyl (C=O) groups excluding carboxylic acids is 2. The zero-order valence-electron chi connectivity index (χ0n) is 16.5. The lowest BCUT2D eigenvalue weighted by Crippen LogP contribution is -2.26. The first-order valence-corrected chi connectivity index (χ1v) is 9.23. The lowest BCUT2D eigenvalue weighted by molar-refractivity contribution is -0.385. The molecule has 3 aromatic carbocycles. The van der Waals surface area contributed by atoms with Gasteiger partial charge in [0.15, 0.2) is 0 Å². The van der Waals surface area contributed by atoms with Gasteiger partial charge in [-0.1, -0.05) is 48.0 Å². The monoisotopic (exact) mass is 404 g/mol. The summed E-state index contributed by atoms with van der Waals surface area (Å²) < 4.78 is 5.51. The second-order valence-electron chi connectivity index (χ2n) is 6.81. The number of hydrogen-bond acceptors (Lipinski definition) is 5. The van der Waals surface area contributed by atoms with E-state index in [1.54, 1.807) is 42.5 Å². The summed E-state index contributed by atoms with van der Waals surface area (Å²) in [5, 5.41) is 13.7. The van der Waals surface area contributed by atoms with Crippen molar-refractivity contribution in [3.63, 3.8) is 0 Å². The molecule has 3 aromatic rings. The highest BCUT2D eigenvalue weighted by Crippen LogP contribution is 2.24. The van der Waals surface area contributed by atoms with Crippen LogP contribution in [0.5, 0.6) is 0 Å². The Balaban J connectivity index is 1.85. The topological polar surface area (TPSA) is 98.5 Å². The molecule has 0 aliphatic heterocycles. The summed E-state index contributed by atoms with van der Waals surface area (Å²) in [6.45, 7) is 3.47. The third-order valence-electron chi connectivity index (χ3n) is 4.51. The van der Waals surface area contributed by atoms with Crippen LogP contribution >= 0.6 is 0 Å². The van der Waals surface area contributed by atoms with Gasteiger partial charge in [0, 0.05) is 22.9 Å². The average Bonchev–Trinajstić information content (AvgIpc) is 2.73. The van der Waals surface area contributed by atoms with Gasteiger partial charge in [0.05, 0.1) is 10.5 Å². The first kappa shape index (κ1) is 20.7. The van der Waals surface area contributed by atoms with Gasteiger partial charge in [-0.25, -0.2) is 4.79 Å². The number of rotatable bonds is 6. The Morgan fingerprint density at radius 1 is 0.967 bits per heavy atom. The molecule has 0 fully saturated rings. The van der Waals surface area contributed by atoms with E-state index < -0.39 is 22.9 Å². The second-order valence-corrected chi connectivity index (χ2v) is 6.81. The molecule has 0 saturated carbocycles. The number of benzene rings is 3. The van der Waals surface area contributed by atoms with Gasteiger partial charge >= 0.3 is 5.97 Å². The van der Waals surface area contributed by atoms with Crippen molar-refractivity contribution in [2.45, 2.75) is 20.0 Å². The minimum Gasteiger partial charge on any atom is -0.444 e. The standard InChI is InChI=1S/C23H20N2O5/c1-15-8-11-19(12-9-15)24-22(26)21(17-6-4-3-5-7-17)30-23(27)18-10-13-20(25(28)29)16(2)14-18/h3-14,21H,1-2H3,(H,24,26)/t21-/m0/s1. The maximum atomic E-state index is 12.9. The normalized spacial score (nSPS) is 11.4. The molecule has 1 atom stereocenters. The molecule has 7 heteroatoms. The highest BCUT2D eigenvalue weighted by atomic mass is 16.6. The number of hydrogen-bond donors (Lipinski definition) is 1. The van der Waals surface area contributed by atoms with Crippen LogP contribution in [0.1, 0.15) is 33.2 Å². The number of aryl methyl sites for hydroxylation is 2. The first-order chi connectivity index (χ1) is 14.3. The number of esters is 1. The van der Waals surface area contributed by atoms with Crippen LogP contribution in [0.15, 0.2) is 72.8 Å². The summed E-state index contributed by atoms with van der Waals surface area (Å²) in [5.41, 5.74) is 2.50. The van der Waals surface area contributed by atoms with Gasteiger partial charge in [0.2, 0.25) is 6.10 Å². The fourth-order valence-electron chi connectivity index (χ4n) is 2.91. The predicted octanol–water partition coefficient (Wildman–Crippen LogP) is 4.75. The maximum absolute atomic E-state index is 12.9. The molecule has 3 rings (SSSR count). The van der Waals surface area contributed by atoms with Gasteiger partial charge in [0.25, 0.3) is 11.6 Å². The number of nitro benzene ring substituents is 1. The van der Waals surface area contributed by atoms with Crippen molar-refractivity contribution in [3.8, 4) is 0 Å². The summed E-state index contributed by atoms with van der Waals surface area (Å²) in [5.74, 6) is -1.25. The molecule has 0 aliphatic carbocycles. The van der Waals surface area contributed by atoms with Crippen molar-refractivity contribution >= 4 is 23.3 Å². The van der Waals surface area contributed by atoms with Crippen molar-refractivity contribution in [1.29, 1.82) is 0 Å². The fourth-order valence-corrected chi connectivity index (χ4v) is 2.91. The number of nitrogens with zero attached hydrogens (tertiary/aromatic N) is 1. The zero-order chi connectivity index (χ0) is 21.7. The number of carbonyl (C=O) groups is 2. The molecule has 0 saturated heterocycles. The van der Waals surface area contributed by atoms with Crippen molar-refractivity contribution in [1.82, 2.24) is 0 Å². The highest BCUT2D eigenvalue weighted by molar-refractivity contribution is 5.98. The van der Waals surface area contributed by atoms with Gasteiger partial charge in [-0.2, -0.15) is 0 Å². The van der Waals surface area contributed by atoms with Crippen LogP contribution in [0.25, 0.3) is 0 Å². The molecule has 0 aromatic heterocycles. The van der Waals surface area contributed by atoms with Crippen LogP contribution in [0.3, 0.4) is 0 Å².